The first-order valence-corrected chi connectivity index (χ1v) is 14.1. The Morgan fingerprint density at radius 3 is 2.37 bits per heavy atom. The molecule has 1 aromatic rings. The first kappa shape index (κ1) is 29.4. The number of fused-ring (bicyclic) bond motifs is 3. The van der Waals surface area contributed by atoms with E-state index in [4.69, 9.17) is 28.1 Å². The highest BCUT2D eigenvalue weighted by atomic mass is 16.6. The second kappa shape index (κ2) is 9.71. The van der Waals surface area contributed by atoms with Crippen molar-refractivity contribution in [1.29, 1.82) is 0 Å². The van der Waals surface area contributed by atoms with Gasteiger partial charge in [-0.1, -0.05) is 34.3 Å². The van der Waals surface area contributed by atoms with Crippen molar-refractivity contribution in [3.63, 3.8) is 0 Å². The Balaban J connectivity index is 1.72. The van der Waals surface area contributed by atoms with Crippen LogP contribution >= 0.6 is 0 Å². The van der Waals surface area contributed by atoms with Gasteiger partial charge in [0.15, 0.2) is 6.10 Å². The second-order valence-corrected chi connectivity index (χ2v) is 13.1. The van der Waals surface area contributed by atoms with Gasteiger partial charge in [-0.05, 0) is 36.3 Å². The highest BCUT2D eigenvalue weighted by Gasteiger charge is 2.76. The number of cyclic esters (lactones) is 1. The van der Waals surface area contributed by atoms with Gasteiger partial charge in [-0.25, -0.2) is 0 Å². The maximum atomic E-state index is 13.3. The number of rotatable bonds is 5. The minimum absolute atomic E-state index is 0.0259. The zero-order valence-electron chi connectivity index (χ0n) is 24.8. The molecule has 10 heteroatoms. The van der Waals surface area contributed by atoms with E-state index in [1.165, 1.54) is 27.2 Å². The van der Waals surface area contributed by atoms with Gasteiger partial charge in [0, 0.05) is 42.1 Å². The number of hydrogen-bond acceptors (Lipinski definition) is 10. The molecule has 9 atom stereocenters. The Kier molecular flexibility index (Phi) is 6.95. The Labute approximate surface area is 240 Å². The molecule has 2 saturated heterocycles. The lowest BCUT2D eigenvalue weighted by Crippen LogP contribution is -2.77. The number of carbonyl (C=O) groups excluding carboxylic acids is 4. The fraction of sp³-hybridized carbons (Fsp3) is 0.677. The summed E-state index contributed by atoms with van der Waals surface area (Å²) >= 11 is 0. The van der Waals surface area contributed by atoms with Crippen LogP contribution in [0, 0.1) is 28.1 Å². The van der Waals surface area contributed by atoms with Gasteiger partial charge >= 0.3 is 23.9 Å². The quantitative estimate of drug-likeness (QED) is 0.283. The van der Waals surface area contributed by atoms with Gasteiger partial charge in [0.05, 0.1) is 26.1 Å². The van der Waals surface area contributed by atoms with E-state index in [9.17, 15) is 19.2 Å². The summed E-state index contributed by atoms with van der Waals surface area (Å²) in [6.07, 6.45) is 0.908. The van der Waals surface area contributed by atoms with E-state index in [1.54, 1.807) is 12.3 Å². The SMILES string of the molecule is C=C1[C@@H]2CC[C@@]3(C)[C@H](c4ccoc4)OC(=O)C[C@]13O[C@H]1[C@H](OC(C)=O)[C@H](OC(C)=O)C(C)(C)[C@H](CC(=O)OC)[C@@]21C. The van der Waals surface area contributed by atoms with Gasteiger partial charge < -0.3 is 28.1 Å². The van der Waals surface area contributed by atoms with Crippen LogP contribution in [0.15, 0.2) is 35.2 Å². The second-order valence-electron chi connectivity index (χ2n) is 13.1. The van der Waals surface area contributed by atoms with Crippen LogP contribution in [-0.2, 0) is 42.9 Å². The van der Waals surface area contributed by atoms with Crippen LogP contribution in [0.5, 0.6) is 0 Å². The van der Waals surface area contributed by atoms with Crippen LogP contribution in [0.2, 0.25) is 0 Å². The minimum atomic E-state index is -1.17. The first-order valence-electron chi connectivity index (χ1n) is 14.1. The maximum Gasteiger partial charge on any atom is 0.309 e. The molecule has 0 radical (unpaired) electrons. The third-order valence-corrected chi connectivity index (χ3v) is 10.7. The third kappa shape index (κ3) is 4.07. The minimum Gasteiger partial charge on any atom is -0.472 e. The van der Waals surface area contributed by atoms with Crippen molar-refractivity contribution in [3.05, 3.63) is 36.3 Å². The number of furan rings is 1. The summed E-state index contributed by atoms with van der Waals surface area (Å²) in [5.74, 6) is -2.60. The summed E-state index contributed by atoms with van der Waals surface area (Å²) in [7, 11) is 1.34. The molecule has 3 heterocycles. The molecule has 4 fully saturated rings. The van der Waals surface area contributed by atoms with Crippen molar-refractivity contribution >= 4 is 23.9 Å². The van der Waals surface area contributed by atoms with E-state index in [2.05, 4.69) is 6.58 Å². The predicted molar refractivity (Wildman–Crippen MR) is 143 cm³/mol. The van der Waals surface area contributed by atoms with E-state index in [0.717, 1.165) is 5.57 Å². The molecule has 224 valence electrons. The van der Waals surface area contributed by atoms with Crippen molar-refractivity contribution in [2.75, 3.05) is 7.11 Å². The molecule has 2 aliphatic heterocycles. The number of carbonyl (C=O) groups is 4. The van der Waals surface area contributed by atoms with Gasteiger partial charge in [-0.2, -0.15) is 0 Å². The van der Waals surface area contributed by atoms with E-state index >= 15 is 0 Å². The standard InChI is InChI=1S/C31H40O10/c1-16-20-9-11-29(6)25(19-10-12-37-15-19)40-23(35)14-31(16,29)41-27-24(38-17(2)32)26(39-18(3)33)28(4,5)21(30(20,27)7)13-22(34)36-8/h10,12,15,20-21,24-27H,1,9,11,13-14H2,2-8H3/t20-,21-,24+,25-,26-,27-,29-,30+,31-/m0/s1. The average molecular weight is 573 g/mol. The predicted octanol–water partition coefficient (Wildman–Crippen LogP) is 4.47. The molecule has 2 bridgehead atoms. The fourth-order valence-electron chi connectivity index (χ4n) is 8.86. The summed E-state index contributed by atoms with van der Waals surface area (Å²) in [6.45, 7) is 15.1. The molecule has 0 unspecified atom stereocenters. The molecule has 10 nitrogen and oxygen atoms in total. The number of hydrogen-bond donors (Lipinski definition) is 0. The smallest absolute Gasteiger partial charge is 0.309 e. The molecular formula is C31H40O10. The lowest BCUT2D eigenvalue weighted by molar-refractivity contribution is -0.339. The van der Waals surface area contributed by atoms with E-state index in [0.29, 0.717) is 18.4 Å². The van der Waals surface area contributed by atoms with Crippen LogP contribution in [-0.4, -0.2) is 54.9 Å². The fourth-order valence-corrected chi connectivity index (χ4v) is 8.86. The molecule has 41 heavy (non-hydrogen) atoms. The zero-order chi connectivity index (χ0) is 30.1. The van der Waals surface area contributed by atoms with Gasteiger partial charge in [-0.3, -0.25) is 19.2 Å². The van der Waals surface area contributed by atoms with E-state index in [-0.39, 0.29) is 18.8 Å². The largest absolute Gasteiger partial charge is 0.472 e. The van der Waals surface area contributed by atoms with Gasteiger partial charge in [0.1, 0.15) is 23.9 Å². The molecule has 2 aliphatic carbocycles. The molecule has 0 amide bonds. The van der Waals surface area contributed by atoms with Crippen LogP contribution < -0.4 is 0 Å². The highest BCUT2D eigenvalue weighted by molar-refractivity contribution is 5.75. The molecule has 1 aromatic heterocycles. The number of esters is 4. The zero-order valence-corrected chi connectivity index (χ0v) is 24.8. The molecule has 5 rings (SSSR count). The van der Waals surface area contributed by atoms with E-state index < -0.39 is 76.1 Å². The third-order valence-electron chi connectivity index (χ3n) is 10.7. The molecule has 2 saturated carbocycles. The topological polar surface area (TPSA) is 128 Å². The van der Waals surface area contributed by atoms with Crippen molar-refractivity contribution in [3.8, 4) is 0 Å². The number of methoxy groups -OCH3 is 1. The summed E-state index contributed by atoms with van der Waals surface area (Å²) in [4.78, 5) is 51.1. The van der Waals surface area contributed by atoms with Crippen molar-refractivity contribution in [2.24, 2.45) is 28.1 Å². The van der Waals surface area contributed by atoms with Crippen molar-refractivity contribution in [2.45, 2.75) is 97.2 Å². The lowest BCUT2D eigenvalue weighted by Gasteiger charge is -2.71. The molecule has 4 aliphatic rings. The summed E-state index contributed by atoms with van der Waals surface area (Å²) < 4.78 is 35.5. The Bertz CT molecular complexity index is 1270. The maximum absolute atomic E-state index is 13.3. The average Bonchev–Trinajstić information content (AvgIpc) is 3.41. The molecule has 0 N–H and O–H groups in total. The summed E-state index contributed by atoms with van der Waals surface area (Å²) in [6, 6.07) is 1.78. The van der Waals surface area contributed by atoms with Gasteiger partial charge in [-0.15, -0.1) is 0 Å². The Hall–Kier alpha value is -3.14. The van der Waals surface area contributed by atoms with Gasteiger partial charge in [0.2, 0.25) is 0 Å². The van der Waals surface area contributed by atoms with E-state index in [1.807, 2.05) is 27.7 Å². The van der Waals surface area contributed by atoms with Crippen molar-refractivity contribution in [1.82, 2.24) is 0 Å². The van der Waals surface area contributed by atoms with Crippen molar-refractivity contribution < 1.29 is 47.3 Å². The van der Waals surface area contributed by atoms with Crippen LogP contribution in [0.3, 0.4) is 0 Å². The van der Waals surface area contributed by atoms with Crippen LogP contribution in [0.25, 0.3) is 0 Å². The lowest BCUT2D eigenvalue weighted by atomic mass is 9.41. The van der Waals surface area contributed by atoms with Crippen LogP contribution in [0.4, 0.5) is 0 Å². The van der Waals surface area contributed by atoms with Gasteiger partial charge in [0.25, 0.3) is 0 Å². The molecule has 0 aromatic carbocycles. The monoisotopic (exact) mass is 572 g/mol. The van der Waals surface area contributed by atoms with Crippen LogP contribution in [0.1, 0.15) is 78.9 Å². The normalized spacial score (nSPS) is 40.9. The molecule has 1 spiro atoms. The Morgan fingerprint density at radius 1 is 1.10 bits per heavy atom. The Morgan fingerprint density at radius 2 is 1.78 bits per heavy atom. The summed E-state index contributed by atoms with van der Waals surface area (Å²) in [5, 5.41) is 0. The number of ether oxygens (including phenoxy) is 5. The highest BCUT2D eigenvalue weighted by Crippen LogP contribution is 2.72. The first-order chi connectivity index (χ1) is 19.1. The summed E-state index contributed by atoms with van der Waals surface area (Å²) in [5.41, 5.74) is -2.08. The molecular weight excluding hydrogens is 532 g/mol.